The number of nitrogens with one attached hydrogen (secondary N) is 1. The molecule has 0 bridgehead atoms. The zero-order valence-corrected chi connectivity index (χ0v) is 8.13. The molecule has 0 aliphatic carbocycles. The van der Waals surface area contributed by atoms with E-state index in [9.17, 15) is 4.79 Å². The highest BCUT2D eigenvalue weighted by Gasteiger charge is 2.11. The Kier molecular flexibility index (Phi) is 3.06. The summed E-state index contributed by atoms with van der Waals surface area (Å²) in [5.41, 5.74) is 0. The quantitative estimate of drug-likeness (QED) is 0.777. The molecule has 1 aromatic rings. The molecule has 0 fully saturated rings. The van der Waals surface area contributed by atoms with Gasteiger partial charge in [-0.05, 0) is 13.3 Å². The van der Waals surface area contributed by atoms with Crippen molar-refractivity contribution in [3.05, 3.63) is 11.8 Å². The lowest BCUT2D eigenvalue weighted by Crippen LogP contribution is -2.19. The van der Waals surface area contributed by atoms with E-state index in [0.717, 1.165) is 6.42 Å². The molecular formula is C9H14N2O2. The molecule has 0 spiro atoms. The molecule has 0 aliphatic rings. The number of anilines is 1. The van der Waals surface area contributed by atoms with Gasteiger partial charge in [0.05, 0.1) is 0 Å². The zero-order valence-electron chi connectivity index (χ0n) is 8.13. The van der Waals surface area contributed by atoms with Crippen LogP contribution in [0.2, 0.25) is 0 Å². The first-order valence-electron chi connectivity index (χ1n) is 4.37. The number of hydrogen-bond donors (Lipinski definition) is 1. The second kappa shape index (κ2) is 4.07. The molecule has 1 amide bonds. The smallest absolute Gasteiger partial charge is 0.228 e. The minimum atomic E-state index is -0.0178. The average molecular weight is 182 g/mol. The van der Waals surface area contributed by atoms with Gasteiger partial charge in [0.15, 0.2) is 5.82 Å². The number of carbonyl (C=O) groups is 1. The molecule has 1 unspecified atom stereocenters. The van der Waals surface area contributed by atoms with Gasteiger partial charge in [0, 0.05) is 12.0 Å². The van der Waals surface area contributed by atoms with Gasteiger partial charge in [-0.1, -0.05) is 19.0 Å². The van der Waals surface area contributed by atoms with Crippen molar-refractivity contribution in [2.75, 3.05) is 5.32 Å². The van der Waals surface area contributed by atoms with Gasteiger partial charge in [-0.25, -0.2) is 0 Å². The van der Waals surface area contributed by atoms with E-state index in [1.807, 2.05) is 13.8 Å². The maximum atomic E-state index is 11.4. The highest BCUT2D eigenvalue weighted by Crippen LogP contribution is 2.09. The van der Waals surface area contributed by atoms with Crippen molar-refractivity contribution >= 4 is 11.7 Å². The first-order chi connectivity index (χ1) is 6.13. The number of aromatic nitrogens is 1. The van der Waals surface area contributed by atoms with Crippen molar-refractivity contribution in [3.63, 3.8) is 0 Å². The minimum absolute atomic E-state index is 0.0111. The number of nitrogens with zero attached hydrogens (tertiary/aromatic N) is 1. The van der Waals surface area contributed by atoms with Crippen LogP contribution in [0.4, 0.5) is 5.82 Å². The molecule has 13 heavy (non-hydrogen) atoms. The summed E-state index contributed by atoms with van der Waals surface area (Å²) in [4.78, 5) is 11.4. The van der Waals surface area contributed by atoms with Crippen LogP contribution in [0.5, 0.6) is 0 Å². The van der Waals surface area contributed by atoms with E-state index in [2.05, 4.69) is 10.5 Å². The fraction of sp³-hybridized carbons (Fsp3) is 0.556. The van der Waals surface area contributed by atoms with Gasteiger partial charge in [-0.15, -0.1) is 0 Å². The summed E-state index contributed by atoms with van der Waals surface area (Å²) in [5, 5.41) is 6.34. The largest absolute Gasteiger partial charge is 0.360 e. The van der Waals surface area contributed by atoms with Gasteiger partial charge >= 0.3 is 0 Å². The lowest BCUT2D eigenvalue weighted by Gasteiger charge is -2.06. The van der Waals surface area contributed by atoms with Crippen molar-refractivity contribution in [1.82, 2.24) is 5.16 Å². The van der Waals surface area contributed by atoms with Crippen molar-refractivity contribution in [2.24, 2.45) is 5.92 Å². The summed E-state index contributed by atoms with van der Waals surface area (Å²) < 4.78 is 4.81. The Morgan fingerprint density at radius 3 is 2.92 bits per heavy atom. The average Bonchev–Trinajstić information content (AvgIpc) is 2.49. The Morgan fingerprint density at radius 2 is 2.46 bits per heavy atom. The molecule has 0 aliphatic heterocycles. The predicted molar refractivity (Wildman–Crippen MR) is 49.3 cm³/mol. The molecule has 4 heteroatoms. The van der Waals surface area contributed by atoms with Gasteiger partial charge in [0.2, 0.25) is 5.91 Å². The highest BCUT2D eigenvalue weighted by molar-refractivity contribution is 5.91. The van der Waals surface area contributed by atoms with E-state index in [1.165, 1.54) is 0 Å². The van der Waals surface area contributed by atoms with Crippen molar-refractivity contribution in [3.8, 4) is 0 Å². The van der Waals surface area contributed by atoms with E-state index < -0.39 is 0 Å². The summed E-state index contributed by atoms with van der Waals surface area (Å²) in [7, 11) is 0. The van der Waals surface area contributed by atoms with Crippen LogP contribution in [0.15, 0.2) is 10.6 Å². The molecular weight excluding hydrogens is 168 g/mol. The van der Waals surface area contributed by atoms with Crippen LogP contribution in [0.1, 0.15) is 26.0 Å². The maximum absolute atomic E-state index is 11.4. The molecule has 72 valence electrons. The van der Waals surface area contributed by atoms with E-state index in [-0.39, 0.29) is 11.8 Å². The van der Waals surface area contributed by atoms with E-state index in [4.69, 9.17) is 4.52 Å². The first-order valence-corrected chi connectivity index (χ1v) is 4.37. The van der Waals surface area contributed by atoms with E-state index >= 15 is 0 Å². The van der Waals surface area contributed by atoms with Crippen LogP contribution in [0, 0.1) is 12.8 Å². The molecule has 1 N–H and O–H groups in total. The third kappa shape index (κ3) is 2.57. The van der Waals surface area contributed by atoms with Crippen molar-refractivity contribution in [2.45, 2.75) is 27.2 Å². The van der Waals surface area contributed by atoms with Crippen molar-refractivity contribution < 1.29 is 9.32 Å². The van der Waals surface area contributed by atoms with Crippen LogP contribution < -0.4 is 5.32 Å². The lowest BCUT2D eigenvalue weighted by molar-refractivity contribution is -0.119. The summed E-state index contributed by atoms with van der Waals surface area (Å²) in [5.74, 6) is 1.18. The van der Waals surface area contributed by atoms with E-state index in [1.54, 1.807) is 13.0 Å². The normalized spacial score (nSPS) is 12.5. The molecule has 0 saturated heterocycles. The second-order valence-electron chi connectivity index (χ2n) is 3.12. The Labute approximate surface area is 77.3 Å². The topological polar surface area (TPSA) is 55.1 Å². The van der Waals surface area contributed by atoms with Crippen molar-refractivity contribution in [1.29, 1.82) is 0 Å². The standard InChI is InChI=1S/C9H14N2O2/c1-4-6(2)9(12)10-8-5-7(3)13-11-8/h5-6H,4H2,1-3H3,(H,10,11,12). The zero-order chi connectivity index (χ0) is 9.84. The van der Waals surface area contributed by atoms with Gasteiger partial charge in [0.25, 0.3) is 0 Å². The number of rotatable bonds is 3. The van der Waals surface area contributed by atoms with Gasteiger partial charge in [0.1, 0.15) is 5.76 Å². The molecule has 4 nitrogen and oxygen atoms in total. The molecule has 0 saturated carbocycles. The lowest BCUT2D eigenvalue weighted by atomic mass is 10.1. The summed E-state index contributed by atoms with van der Waals surface area (Å²) in [6, 6.07) is 1.69. The van der Waals surface area contributed by atoms with Crippen LogP contribution in [0.25, 0.3) is 0 Å². The number of aryl methyl sites for hydroxylation is 1. The number of hydrogen-bond acceptors (Lipinski definition) is 3. The SMILES string of the molecule is CCC(C)C(=O)Nc1cc(C)on1. The van der Waals surface area contributed by atoms with Gasteiger partial charge < -0.3 is 9.84 Å². The van der Waals surface area contributed by atoms with Crippen LogP contribution >= 0.6 is 0 Å². The Morgan fingerprint density at radius 1 is 1.77 bits per heavy atom. The fourth-order valence-corrected chi connectivity index (χ4v) is 0.860. The third-order valence-electron chi connectivity index (χ3n) is 1.94. The molecule has 1 aromatic heterocycles. The maximum Gasteiger partial charge on any atom is 0.228 e. The van der Waals surface area contributed by atoms with Crippen LogP contribution in [0.3, 0.4) is 0 Å². The first kappa shape index (κ1) is 9.77. The summed E-state index contributed by atoms with van der Waals surface area (Å²) in [6.45, 7) is 5.63. The Balaban J connectivity index is 2.54. The Bertz CT molecular complexity index is 294. The van der Waals surface area contributed by atoms with Gasteiger partial charge in [-0.2, -0.15) is 0 Å². The molecule has 1 atom stereocenters. The minimum Gasteiger partial charge on any atom is -0.360 e. The van der Waals surface area contributed by atoms with E-state index in [0.29, 0.717) is 11.6 Å². The fourth-order valence-electron chi connectivity index (χ4n) is 0.860. The number of carbonyl (C=O) groups excluding carboxylic acids is 1. The summed E-state index contributed by atoms with van der Waals surface area (Å²) >= 11 is 0. The molecule has 1 rings (SSSR count). The monoisotopic (exact) mass is 182 g/mol. The molecule has 0 aromatic carbocycles. The molecule has 1 heterocycles. The van der Waals surface area contributed by atoms with Gasteiger partial charge in [-0.3, -0.25) is 4.79 Å². The molecule has 0 radical (unpaired) electrons. The predicted octanol–water partition coefficient (Wildman–Crippen LogP) is 1.97. The van der Waals surface area contributed by atoms with Crippen LogP contribution in [-0.4, -0.2) is 11.1 Å². The Hall–Kier alpha value is -1.32. The number of amides is 1. The van der Waals surface area contributed by atoms with Crippen LogP contribution in [-0.2, 0) is 4.79 Å². The third-order valence-corrected chi connectivity index (χ3v) is 1.94. The highest BCUT2D eigenvalue weighted by atomic mass is 16.5. The second-order valence-corrected chi connectivity index (χ2v) is 3.12. The summed E-state index contributed by atoms with van der Waals surface area (Å²) in [6.07, 6.45) is 0.822.